The molecule has 0 heterocycles. The van der Waals surface area contributed by atoms with Crippen LogP contribution in [-0.4, -0.2) is 5.91 Å². The second-order valence-corrected chi connectivity index (χ2v) is 5.23. The van der Waals surface area contributed by atoms with Crippen LogP contribution in [0.2, 0.25) is 0 Å². The first kappa shape index (κ1) is 15.3. The van der Waals surface area contributed by atoms with Crippen LogP contribution in [0.25, 0.3) is 0 Å². The molecular weight excluding hydrogens is 262 g/mol. The number of benzene rings is 2. The van der Waals surface area contributed by atoms with Gasteiger partial charge in [0.2, 0.25) is 5.91 Å². The molecule has 0 aromatic heterocycles. The number of amides is 1. The van der Waals surface area contributed by atoms with Crippen molar-refractivity contribution in [2.45, 2.75) is 33.3 Å². The number of nitrogens with one attached hydrogen (secondary N) is 1. The smallest absolute Gasteiger partial charge is 0.243 e. The summed E-state index contributed by atoms with van der Waals surface area (Å²) in [6.07, 6.45) is 1.16. The highest BCUT2D eigenvalue weighted by Gasteiger charge is 2.04. The summed E-state index contributed by atoms with van der Waals surface area (Å²) in [6.45, 7) is 4.53. The van der Waals surface area contributed by atoms with Gasteiger partial charge in [0.15, 0.2) is 0 Å². The Morgan fingerprint density at radius 2 is 1.86 bits per heavy atom. The lowest BCUT2D eigenvalue weighted by molar-refractivity contribution is -0.134. The fourth-order valence-corrected chi connectivity index (χ4v) is 2.20. The van der Waals surface area contributed by atoms with Crippen LogP contribution in [-0.2, 0) is 22.7 Å². The predicted octanol–water partition coefficient (Wildman–Crippen LogP) is 3.48. The Hall–Kier alpha value is -2.13. The molecule has 0 fully saturated rings. The molecule has 0 unspecified atom stereocenters. The summed E-state index contributed by atoms with van der Waals surface area (Å²) in [7, 11) is 0. The Morgan fingerprint density at radius 1 is 1.10 bits per heavy atom. The van der Waals surface area contributed by atoms with Crippen LogP contribution in [0.5, 0.6) is 0 Å². The van der Waals surface area contributed by atoms with Crippen LogP contribution >= 0.6 is 0 Å². The fraction of sp³-hybridized carbons (Fsp3) is 0.278. The van der Waals surface area contributed by atoms with Gasteiger partial charge in [-0.3, -0.25) is 9.63 Å². The van der Waals surface area contributed by atoms with Gasteiger partial charge in [0.05, 0.1) is 6.61 Å². The van der Waals surface area contributed by atoms with Gasteiger partial charge in [-0.2, -0.15) is 0 Å². The van der Waals surface area contributed by atoms with E-state index < -0.39 is 0 Å². The molecule has 0 radical (unpaired) electrons. The Morgan fingerprint density at radius 3 is 2.57 bits per heavy atom. The Labute approximate surface area is 125 Å². The van der Waals surface area contributed by atoms with Crippen LogP contribution in [0.1, 0.15) is 28.7 Å². The van der Waals surface area contributed by atoms with Crippen molar-refractivity contribution in [3.05, 3.63) is 70.8 Å². The molecule has 2 rings (SSSR count). The number of hydrogen-bond acceptors (Lipinski definition) is 2. The van der Waals surface area contributed by atoms with Crippen molar-refractivity contribution in [3.63, 3.8) is 0 Å². The Kier molecular flexibility index (Phi) is 5.52. The van der Waals surface area contributed by atoms with Crippen molar-refractivity contribution >= 4 is 5.91 Å². The molecule has 3 nitrogen and oxygen atoms in total. The van der Waals surface area contributed by atoms with E-state index in [9.17, 15) is 4.79 Å². The average molecular weight is 283 g/mol. The van der Waals surface area contributed by atoms with Gasteiger partial charge in [-0.15, -0.1) is 0 Å². The summed E-state index contributed by atoms with van der Waals surface area (Å²) in [6, 6.07) is 16.1. The van der Waals surface area contributed by atoms with Crippen LogP contribution in [0.15, 0.2) is 48.5 Å². The minimum atomic E-state index is -0.0918. The van der Waals surface area contributed by atoms with Gasteiger partial charge < -0.3 is 0 Å². The minimum absolute atomic E-state index is 0.0918. The number of hydroxylamine groups is 1. The zero-order valence-electron chi connectivity index (χ0n) is 12.6. The molecular formula is C18H21NO2. The van der Waals surface area contributed by atoms with E-state index in [1.807, 2.05) is 30.3 Å². The molecule has 3 heteroatoms. The van der Waals surface area contributed by atoms with E-state index >= 15 is 0 Å². The van der Waals surface area contributed by atoms with Crippen LogP contribution < -0.4 is 5.48 Å². The third-order valence-electron chi connectivity index (χ3n) is 3.39. The molecule has 0 saturated carbocycles. The normalized spacial score (nSPS) is 10.4. The van der Waals surface area contributed by atoms with Gasteiger partial charge in [-0.25, -0.2) is 5.48 Å². The van der Waals surface area contributed by atoms with Crippen LogP contribution in [0.4, 0.5) is 0 Å². The molecule has 0 aliphatic carbocycles. The minimum Gasteiger partial charge on any atom is -0.273 e. The summed E-state index contributed by atoms with van der Waals surface area (Å²) in [4.78, 5) is 17.0. The van der Waals surface area contributed by atoms with Crippen molar-refractivity contribution in [1.82, 2.24) is 5.48 Å². The SMILES string of the molecule is Cc1ccc(CCC(=O)NOCc2ccccc2)c(C)c1. The molecule has 21 heavy (non-hydrogen) atoms. The molecule has 0 aliphatic rings. The van der Waals surface area contributed by atoms with Crippen molar-refractivity contribution in [3.8, 4) is 0 Å². The number of aryl methyl sites for hydroxylation is 3. The molecule has 1 amide bonds. The monoisotopic (exact) mass is 283 g/mol. The predicted molar refractivity (Wildman–Crippen MR) is 83.6 cm³/mol. The van der Waals surface area contributed by atoms with E-state index in [0.29, 0.717) is 13.0 Å². The number of rotatable bonds is 6. The Bertz CT molecular complexity index is 593. The van der Waals surface area contributed by atoms with Gasteiger partial charge in [0.1, 0.15) is 0 Å². The number of carbonyl (C=O) groups is 1. The zero-order chi connectivity index (χ0) is 15.1. The summed E-state index contributed by atoms with van der Waals surface area (Å²) >= 11 is 0. The second kappa shape index (κ2) is 7.60. The third kappa shape index (κ3) is 5.04. The lowest BCUT2D eigenvalue weighted by atomic mass is 10.0. The van der Waals surface area contributed by atoms with Crippen LogP contribution in [0, 0.1) is 13.8 Å². The largest absolute Gasteiger partial charge is 0.273 e. The van der Waals surface area contributed by atoms with Gasteiger partial charge in [0.25, 0.3) is 0 Å². The van der Waals surface area contributed by atoms with E-state index in [0.717, 1.165) is 12.0 Å². The quantitative estimate of drug-likeness (QED) is 0.824. The highest BCUT2D eigenvalue weighted by Crippen LogP contribution is 2.12. The van der Waals surface area contributed by atoms with Crippen LogP contribution in [0.3, 0.4) is 0 Å². The number of hydrogen-bond donors (Lipinski definition) is 1. The van der Waals surface area contributed by atoms with Crippen molar-refractivity contribution < 1.29 is 9.63 Å². The highest BCUT2D eigenvalue weighted by molar-refractivity contribution is 5.75. The first-order valence-corrected chi connectivity index (χ1v) is 7.16. The maximum Gasteiger partial charge on any atom is 0.243 e. The summed E-state index contributed by atoms with van der Waals surface area (Å²) in [5, 5.41) is 0. The van der Waals surface area contributed by atoms with Crippen molar-refractivity contribution in [1.29, 1.82) is 0 Å². The van der Waals surface area contributed by atoms with Gasteiger partial charge in [-0.05, 0) is 37.0 Å². The first-order chi connectivity index (χ1) is 10.1. The summed E-state index contributed by atoms with van der Waals surface area (Å²) in [5.41, 5.74) is 7.21. The molecule has 0 spiro atoms. The molecule has 2 aromatic rings. The molecule has 0 bridgehead atoms. The second-order valence-electron chi connectivity index (χ2n) is 5.23. The maximum absolute atomic E-state index is 11.7. The lowest BCUT2D eigenvalue weighted by Crippen LogP contribution is -2.23. The molecule has 110 valence electrons. The lowest BCUT2D eigenvalue weighted by Gasteiger charge is -2.08. The molecule has 0 aliphatic heterocycles. The van der Waals surface area contributed by atoms with E-state index in [-0.39, 0.29) is 5.91 Å². The highest BCUT2D eigenvalue weighted by atomic mass is 16.6. The average Bonchev–Trinajstić information content (AvgIpc) is 2.47. The van der Waals surface area contributed by atoms with E-state index in [1.54, 1.807) is 0 Å². The standard InChI is InChI=1S/C18H21NO2/c1-14-8-9-17(15(2)12-14)10-11-18(20)19-21-13-16-6-4-3-5-7-16/h3-9,12H,10-11,13H2,1-2H3,(H,19,20). The first-order valence-electron chi connectivity index (χ1n) is 7.16. The maximum atomic E-state index is 11.7. The van der Waals surface area contributed by atoms with Gasteiger partial charge >= 0.3 is 0 Å². The molecule has 0 atom stereocenters. The van der Waals surface area contributed by atoms with Crippen molar-refractivity contribution in [2.75, 3.05) is 0 Å². The summed E-state index contributed by atoms with van der Waals surface area (Å²) in [5.74, 6) is -0.0918. The summed E-state index contributed by atoms with van der Waals surface area (Å²) < 4.78 is 0. The van der Waals surface area contributed by atoms with Gasteiger partial charge in [0, 0.05) is 6.42 Å². The molecule has 0 saturated heterocycles. The van der Waals surface area contributed by atoms with E-state index in [1.165, 1.54) is 16.7 Å². The van der Waals surface area contributed by atoms with Crippen molar-refractivity contribution in [2.24, 2.45) is 0 Å². The van der Waals surface area contributed by atoms with Gasteiger partial charge in [-0.1, -0.05) is 54.1 Å². The van der Waals surface area contributed by atoms with E-state index in [2.05, 4.69) is 37.5 Å². The third-order valence-corrected chi connectivity index (χ3v) is 3.39. The Balaban J connectivity index is 1.72. The number of carbonyl (C=O) groups excluding carboxylic acids is 1. The zero-order valence-corrected chi connectivity index (χ0v) is 12.6. The fourth-order valence-electron chi connectivity index (χ4n) is 2.20. The molecule has 1 N–H and O–H groups in total. The van der Waals surface area contributed by atoms with E-state index in [4.69, 9.17) is 4.84 Å². The molecule has 2 aromatic carbocycles. The topological polar surface area (TPSA) is 38.3 Å².